The molecule has 0 radical (unpaired) electrons. The van der Waals surface area contributed by atoms with E-state index in [-0.39, 0.29) is 5.91 Å². The summed E-state index contributed by atoms with van der Waals surface area (Å²) in [5, 5.41) is 0.695. The molecule has 0 saturated carbocycles. The quantitative estimate of drug-likeness (QED) is 0.519. The van der Waals surface area contributed by atoms with E-state index in [0.29, 0.717) is 16.8 Å². The minimum absolute atomic E-state index is 0.196. The Hall–Kier alpha value is -2.08. The Kier molecular flexibility index (Phi) is 7.31. The van der Waals surface area contributed by atoms with E-state index in [1.807, 2.05) is 36.9 Å². The molecule has 1 saturated heterocycles. The molecule has 2 aromatic rings. The van der Waals surface area contributed by atoms with E-state index in [1.165, 1.54) is 23.7 Å². The zero-order chi connectivity index (χ0) is 19.9. The topological polar surface area (TPSA) is 55.3 Å². The molecule has 0 spiro atoms. The average Bonchev–Trinajstić information content (AvgIpc) is 2.70. The highest BCUT2D eigenvalue weighted by atomic mass is 32.2. The molecular weight excluding hydrogens is 370 g/mol. The number of methoxy groups -OCH3 is 1. The maximum atomic E-state index is 12.5. The summed E-state index contributed by atoms with van der Waals surface area (Å²) < 4.78 is 5.21. The molecule has 5 nitrogen and oxygen atoms in total. The van der Waals surface area contributed by atoms with E-state index in [9.17, 15) is 4.79 Å². The number of hydrogen-bond acceptors (Lipinski definition) is 5. The fraction of sp³-hybridized carbons (Fsp3) is 0.500. The van der Waals surface area contributed by atoms with Gasteiger partial charge in [-0.2, -0.15) is 0 Å². The van der Waals surface area contributed by atoms with E-state index >= 15 is 0 Å². The van der Waals surface area contributed by atoms with E-state index in [4.69, 9.17) is 4.74 Å². The molecule has 0 aliphatic carbocycles. The fourth-order valence-electron chi connectivity index (χ4n) is 3.61. The van der Waals surface area contributed by atoms with Gasteiger partial charge in [-0.1, -0.05) is 23.9 Å². The van der Waals surface area contributed by atoms with Gasteiger partial charge in [0.1, 0.15) is 5.75 Å². The lowest BCUT2D eigenvalue weighted by atomic mass is 9.90. The summed E-state index contributed by atoms with van der Waals surface area (Å²) in [6.45, 7) is 5.63. The second-order valence-corrected chi connectivity index (χ2v) is 8.38. The van der Waals surface area contributed by atoms with Crippen molar-refractivity contribution < 1.29 is 9.53 Å². The van der Waals surface area contributed by atoms with Crippen LogP contribution in [0.15, 0.2) is 35.5 Å². The molecule has 6 heteroatoms. The van der Waals surface area contributed by atoms with Crippen LogP contribution >= 0.6 is 11.8 Å². The molecule has 3 rings (SSSR count). The van der Waals surface area contributed by atoms with Gasteiger partial charge in [-0.05, 0) is 69.2 Å². The van der Waals surface area contributed by atoms with Crippen molar-refractivity contribution in [2.24, 2.45) is 5.92 Å². The zero-order valence-corrected chi connectivity index (χ0v) is 17.8. The number of likely N-dealkylation sites (tertiary alicyclic amines) is 1. The first-order chi connectivity index (χ1) is 13.5. The third-order valence-electron chi connectivity index (χ3n) is 5.25. The number of rotatable bonds is 7. The van der Waals surface area contributed by atoms with Crippen molar-refractivity contribution in [3.8, 4) is 5.75 Å². The Morgan fingerprint density at radius 3 is 2.39 bits per heavy atom. The molecule has 0 atom stereocenters. The number of carbonyl (C=O) groups excluding carboxylic acids is 1. The van der Waals surface area contributed by atoms with Crippen molar-refractivity contribution in [3.05, 3.63) is 47.3 Å². The van der Waals surface area contributed by atoms with Crippen LogP contribution in [0.5, 0.6) is 5.75 Å². The largest absolute Gasteiger partial charge is 0.497 e. The van der Waals surface area contributed by atoms with Gasteiger partial charge in [-0.3, -0.25) is 4.79 Å². The lowest BCUT2D eigenvalue weighted by Gasteiger charge is -2.32. The van der Waals surface area contributed by atoms with Crippen LogP contribution in [0.2, 0.25) is 0 Å². The number of carbonyl (C=O) groups is 1. The molecule has 1 aliphatic rings. The van der Waals surface area contributed by atoms with Gasteiger partial charge < -0.3 is 9.64 Å². The van der Waals surface area contributed by atoms with E-state index < -0.39 is 0 Å². The molecule has 2 heterocycles. The van der Waals surface area contributed by atoms with Crippen LogP contribution in [0.4, 0.5) is 0 Å². The number of aromatic nitrogens is 2. The van der Waals surface area contributed by atoms with Gasteiger partial charge in [0.25, 0.3) is 0 Å². The predicted molar refractivity (Wildman–Crippen MR) is 113 cm³/mol. The highest BCUT2D eigenvalue weighted by Gasteiger charge is 2.22. The molecular formula is C22H29N3O2S. The number of thioether (sulfide) groups is 1. The Morgan fingerprint density at radius 2 is 1.79 bits per heavy atom. The summed E-state index contributed by atoms with van der Waals surface area (Å²) in [7, 11) is 1.69. The van der Waals surface area contributed by atoms with Crippen molar-refractivity contribution in [2.75, 3.05) is 26.0 Å². The van der Waals surface area contributed by atoms with Gasteiger partial charge in [0.15, 0.2) is 5.16 Å². The summed E-state index contributed by atoms with van der Waals surface area (Å²) in [4.78, 5) is 23.3. The zero-order valence-electron chi connectivity index (χ0n) is 17.0. The number of aryl methyl sites for hydroxylation is 3. The second-order valence-electron chi connectivity index (χ2n) is 7.43. The van der Waals surface area contributed by atoms with Gasteiger partial charge in [0.2, 0.25) is 5.91 Å². The van der Waals surface area contributed by atoms with Crippen molar-refractivity contribution in [1.82, 2.24) is 14.9 Å². The van der Waals surface area contributed by atoms with Crippen LogP contribution in [0.3, 0.4) is 0 Å². The number of amides is 1. The van der Waals surface area contributed by atoms with Gasteiger partial charge in [0, 0.05) is 24.5 Å². The number of hydrogen-bond donors (Lipinski definition) is 0. The molecule has 1 aromatic heterocycles. The highest BCUT2D eigenvalue weighted by molar-refractivity contribution is 7.99. The van der Waals surface area contributed by atoms with Crippen molar-refractivity contribution in [1.29, 1.82) is 0 Å². The molecule has 0 bridgehead atoms. The molecule has 28 heavy (non-hydrogen) atoms. The third-order valence-corrected chi connectivity index (χ3v) is 6.09. The molecule has 1 aromatic carbocycles. The summed E-state index contributed by atoms with van der Waals surface area (Å²) in [5.41, 5.74) is 3.24. The third kappa shape index (κ3) is 5.96. The van der Waals surface area contributed by atoms with Crippen LogP contribution in [0.1, 0.15) is 36.2 Å². The summed E-state index contributed by atoms with van der Waals surface area (Å²) in [6.07, 6.45) is 4.45. The van der Waals surface area contributed by atoms with Crippen LogP contribution in [0, 0.1) is 19.8 Å². The number of ether oxygens (including phenoxy) is 1. The molecule has 0 N–H and O–H groups in total. The standard InChI is InChI=1S/C22H29N3O2S/c1-16-14-17(2)24-22(23-16)28-15-21(26)25-12-10-19(11-13-25)5-4-18-6-8-20(27-3)9-7-18/h6-9,14,19H,4-5,10-13,15H2,1-3H3. The van der Waals surface area contributed by atoms with Gasteiger partial charge in [0.05, 0.1) is 12.9 Å². The number of piperidine rings is 1. The second kappa shape index (κ2) is 9.92. The maximum Gasteiger partial charge on any atom is 0.233 e. The first-order valence-corrected chi connectivity index (χ1v) is 10.9. The first-order valence-electron chi connectivity index (χ1n) is 9.89. The fourth-order valence-corrected chi connectivity index (χ4v) is 4.46. The highest BCUT2D eigenvalue weighted by Crippen LogP contribution is 2.24. The van der Waals surface area contributed by atoms with Crippen molar-refractivity contribution in [3.63, 3.8) is 0 Å². The van der Waals surface area contributed by atoms with Crippen molar-refractivity contribution in [2.45, 2.75) is 44.7 Å². The Bertz CT molecular complexity index is 767. The van der Waals surface area contributed by atoms with E-state index in [1.54, 1.807) is 7.11 Å². The molecule has 1 amide bonds. The van der Waals surface area contributed by atoms with Crippen LogP contribution in [-0.2, 0) is 11.2 Å². The SMILES string of the molecule is COc1ccc(CCC2CCN(C(=O)CSc3nc(C)cc(C)n3)CC2)cc1. The van der Waals surface area contributed by atoms with Crippen LogP contribution in [-0.4, -0.2) is 46.7 Å². The average molecular weight is 400 g/mol. The summed E-state index contributed by atoms with van der Waals surface area (Å²) >= 11 is 1.44. The van der Waals surface area contributed by atoms with Gasteiger partial charge >= 0.3 is 0 Å². The van der Waals surface area contributed by atoms with E-state index in [0.717, 1.165) is 49.5 Å². The molecule has 1 fully saturated rings. The number of nitrogens with zero attached hydrogens (tertiary/aromatic N) is 3. The molecule has 0 unspecified atom stereocenters. The summed E-state index contributed by atoms with van der Waals surface area (Å²) in [5.74, 6) is 2.21. The van der Waals surface area contributed by atoms with Gasteiger partial charge in [-0.15, -0.1) is 0 Å². The Morgan fingerprint density at radius 1 is 1.14 bits per heavy atom. The smallest absolute Gasteiger partial charge is 0.233 e. The summed E-state index contributed by atoms with van der Waals surface area (Å²) in [6, 6.07) is 10.3. The first kappa shape index (κ1) is 20.6. The predicted octanol–water partition coefficient (Wildman–Crippen LogP) is 4.07. The Balaban J connectivity index is 1.39. The molecule has 1 aliphatic heterocycles. The number of benzene rings is 1. The van der Waals surface area contributed by atoms with E-state index in [2.05, 4.69) is 22.1 Å². The maximum absolute atomic E-state index is 12.5. The molecule has 150 valence electrons. The Labute approximate surface area is 171 Å². The monoisotopic (exact) mass is 399 g/mol. The lowest BCUT2D eigenvalue weighted by Crippen LogP contribution is -2.39. The van der Waals surface area contributed by atoms with Crippen molar-refractivity contribution >= 4 is 17.7 Å². The minimum Gasteiger partial charge on any atom is -0.497 e. The van der Waals surface area contributed by atoms with Crippen LogP contribution < -0.4 is 4.74 Å². The lowest BCUT2D eigenvalue weighted by molar-refractivity contribution is -0.129. The van der Waals surface area contributed by atoms with Crippen LogP contribution in [0.25, 0.3) is 0 Å². The normalized spacial score (nSPS) is 14.9. The minimum atomic E-state index is 0.196. The van der Waals surface area contributed by atoms with Gasteiger partial charge in [-0.25, -0.2) is 9.97 Å².